The molecule has 0 aromatic carbocycles. The average molecular weight is 198 g/mol. The number of hydrogen-bond acceptors (Lipinski definition) is 5. The second kappa shape index (κ2) is 4.71. The Morgan fingerprint density at radius 3 is 2.57 bits per heavy atom. The third-order valence-corrected chi connectivity index (χ3v) is 1.88. The summed E-state index contributed by atoms with van der Waals surface area (Å²) < 4.78 is 4.74. The van der Waals surface area contributed by atoms with Crippen molar-refractivity contribution in [1.29, 1.82) is 0 Å². The molecule has 0 aliphatic heterocycles. The average Bonchev–Trinajstić information content (AvgIpc) is 2.67. The summed E-state index contributed by atoms with van der Waals surface area (Å²) in [4.78, 5) is 17.1. The summed E-state index contributed by atoms with van der Waals surface area (Å²) >= 11 is 0. The van der Waals surface area contributed by atoms with Gasteiger partial charge in [0.1, 0.15) is 0 Å². The number of amides is 1. The lowest BCUT2D eigenvalue weighted by atomic mass is 10.4. The van der Waals surface area contributed by atoms with Gasteiger partial charge in [0, 0.05) is 13.1 Å². The van der Waals surface area contributed by atoms with Crippen LogP contribution in [0.4, 0.5) is 0 Å². The molecular weight excluding hydrogens is 184 g/mol. The normalized spacial score (nSPS) is 10.2. The van der Waals surface area contributed by atoms with Gasteiger partial charge in [-0.15, -0.1) is 0 Å². The molecule has 0 aliphatic rings. The van der Waals surface area contributed by atoms with Gasteiger partial charge >= 0.3 is 0 Å². The van der Waals surface area contributed by atoms with Crippen LogP contribution in [0.3, 0.4) is 0 Å². The SMILES string of the molecule is CCN(CC)C(=O)c1noc(CN)n1. The van der Waals surface area contributed by atoms with Gasteiger partial charge < -0.3 is 15.2 Å². The van der Waals surface area contributed by atoms with E-state index in [-0.39, 0.29) is 24.2 Å². The van der Waals surface area contributed by atoms with Crippen molar-refractivity contribution in [3.63, 3.8) is 0 Å². The lowest BCUT2D eigenvalue weighted by Crippen LogP contribution is -2.31. The highest BCUT2D eigenvalue weighted by molar-refractivity contribution is 5.90. The molecule has 0 saturated heterocycles. The molecular formula is C8H14N4O2. The van der Waals surface area contributed by atoms with Crippen molar-refractivity contribution in [1.82, 2.24) is 15.0 Å². The maximum atomic E-state index is 11.6. The molecule has 14 heavy (non-hydrogen) atoms. The monoisotopic (exact) mass is 198 g/mol. The second-order valence-corrected chi connectivity index (χ2v) is 2.69. The number of aromatic nitrogens is 2. The number of nitrogens with zero attached hydrogens (tertiary/aromatic N) is 3. The Morgan fingerprint density at radius 2 is 2.14 bits per heavy atom. The Balaban J connectivity index is 2.77. The minimum absolute atomic E-state index is 0.0779. The van der Waals surface area contributed by atoms with Gasteiger partial charge in [-0.3, -0.25) is 4.79 Å². The Bertz CT molecular complexity index is 306. The zero-order valence-electron chi connectivity index (χ0n) is 8.36. The van der Waals surface area contributed by atoms with Crippen molar-refractivity contribution in [3.05, 3.63) is 11.7 Å². The first-order valence-corrected chi connectivity index (χ1v) is 4.54. The van der Waals surface area contributed by atoms with Crippen LogP contribution in [0.25, 0.3) is 0 Å². The maximum absolute atomic E-state index is 11.6. The highest BCUT2D eigenvalue weighted by Crippen LogP contribution is 2.01. The Hall–Kier alpha value is -1.43. The van der Waals surface area contributed by atoms with E-state index in [2.05, 4.69) is 10.1 Å². The van der Waals surface area contributed by atoms with Crippen LogP contribution in [0, 0.1) is 0 Å². The molecule has 1 heterocycles. The zero-order valence-corrected chi connectivity index (χ0v) is 8.36. The van der Waals surface area contributed by atoms with Crippen LogP contribution < -0.4 is 5.73 Å². The molecule has 1 aromatic rings. The minimum atomic E-state index is -0.224. The lowest BCUT2D eigenvalue weighted by molar-refractivity contribution is 0.0757. The first kappa shape index (κ1) is 10.6. The summed E-state index contributed by atoms with van der Waals surface area (Å²) in [5, 5.41) is 3.55. The van der Waals surface area contributed by atoms with Crippen molar-refractivity contribution in [3.8, 4) is 0 Å². The third-order valence-electron chi connectivity index (χ3n) is 1.88. The molecule has 1 rings (SSSR count). The molecule has 0 radical (unpaired) electrons. The molecule has 1 amide bonds. The molecule has 1 aromatic heterocycles. The van der Waals surface area contributed by atoms with E-state index in [4.69, 9.17) is 10.3 Å². The number of nitrogens with two attached hydrogens (primary N) is 1. The van der Waals surface area contributed by atoms with Crippen LogP contribution in [-0.4, -0.2) is 34.0 Å². The van der Waals surface area contributed by atoms with Gasteiger partial charge in [-0.1, -0.05) is 5.16 Å². The molecule has 2 N–H and O–H groups in total. The summed E-state index contributed by atoms with van der Waals surface area (Å²) in [5.74, 6) is 0.133. The van der Waals surface area contributed by atoms with Crippen LogP contribution in [0.2, 0.25) is 0 Å². The second-order valence-electron chi connectivity index (χ2n) is 2.69. The number of hydrogen-bond donors (Lipinski definition) is 1. The third kappa shape index (κ3) is 2.08. The van der Waals surface area contributed by atoms with Gasteiger partial charge in [0.2, 0.25) is 5.89 Å². The summed E-state index contributed by atoms with van der Waals surface area (Å²) in [7, 11) is 0. The van der Waals surface area contributed by atoms with Gasteiger partial charge in [0.05, 0.1) is 6.54 Å². The fraction of sp³-hybridized carbons (Fsp3) is 0.625. The first-order valence-electron chi connectivity index (χ1n) is 4.54. The summed E-state index contributed by atoms with van der Waals surface area (Å²) in [5.41, 5.74) is 5.28. The van der Waals surface area contributed by atoms with E-state index in [9.17, 15) is 4.79 Å². The van der Waals surface area contributed by atoms with Crippen molar-refractivity contribution in [2.75, 3.05) is 13.1 Å². The Kier molecular flexibility index (Phi) is 3.58. The predicted octanol–water partition coefficient (Wildman–Crippen LogP) is 0.0103. The van der Waals surface area contributed by atoms with Crippen molar-refractivity contribution < 1.29 is 9.32 Å². The topological polar surface area (TPSA) is 85.2 Å². The molecule has 0 aliphatic carbocycles. The maximum Gasteiger partial charge on any atom is 0.295 e. The van der Waals surface area contributed by atoms with Gasteiger partial charge in [-0.2, -0.15) is 4.98 Å². The molecule has 6 nitrogen and oxygen atoms in total. The fourth-order valence-corrected chi connectivity index (χ4v) is 1.08. The number of rotatable bonds is 4. The first-order chi connectivity index (χ1) is 6.72. The van der Waals surface area contributed by atoms with Crippen LogP contribution in [0.5, 0.6) is 0 Å². The van der Waals surface area contributed by atoms with E-state index < -0.39 is 0 Å². The Morgan fingerprint density at radius 1 is 1.50 bits per heavy atom. The van der Waals surface area contributed by atoms with E-state index in [1.807, 2.05) is 13.8 Å². The van der Waals surface area contributed by atoms with E-state index in [0.29, 0.717) is 13.1 Å². The number of carbonyl (C=O) groups excluding carboxylic acids is 1. The lowest BCUT2D eigenvalue weighted by Gasteiger charge is -2.15. The fourth-order valence-electron chi connectivity index (χ4n) is 1.08. The molecule has 0 fully saturated rings. The molecule has 6 heteroatoms. The summed E-state index contributed by atoms with van der Waals surface area (Å²) in [6.07, 6.45) is 0. The van der Waals surface area contributed by atoms with E-state index in [0.717, 1.165) is 0 Å². The highest BCUT2D eigenvalue weighted by atomic mass is 16.5. The molecule has 0 bridgehead atoms. The molecule has 0 atom stereocenters. The van der Waals surface area contributed by atoms with Gasteiger partial charge in [-0.25, -0.2) is 0 Å². The minimum Gasteiger partial charge on any atom is -0.337 e. The summed E-state index contributed by atoms with van der Waals surface area (Å²) in [6.45, 7) is 5.19. The standard InChI is InChI=1S/C8H14N4O2/c1-3-12(4-2)8(13)7-10-6(5-9)14-11-7/h3-5,9H2,1-2H3. The molecule has 0 spiro atoms. The van der Waals surface area contributed by atoms with Crippen molar-refractivity contribution in [2.24, 2.45) is 5.73 Å². The smallest absolute Gasteiger partial charge is 0.295 e. The van der Waals surface area contributed by atoms with E-state index in [1.54, 1.807) is 4.90 Å². The van der Waals surface area contributed by atoms with Crippen molar-refractivity contribution >= 4 is 5.91 Å². The molecule has 0 unspecified atom stereocenters. The largest absolute Gasteiger partial charge is 0.337 e. The van der Waals surface area contributed by atoms with Gasteiger partial charge in [0.25, 0.3) is 11.7 Å². The van der Waals surface area contributed by atoms with Crippen molar-refractivity contribution in [2.45, 2.75) is 20.4 Å². The summed E-state index contributed by atoms with van der Waals surface area (Å²) in [6, 6.07) is 0. The van der Waals surface area contributed by atoms with E-state index >= 15 is 0 Å². The zero-order chi connectivity index (χ0) is 10.6. The quantitative estimate of drug-likeness (QED) is 0.736. The van der Waals surface area contributed by atoms with Crippen LogP contribution in [-0.2, 0) is 6.54 Å². The van der Waals surface area contributed by atoms with Crippen LogP contribution in [0.15, 0.2) is 4.52 Å². The number of carbonyl (C=O) groups is 1. The molecule has 0 saturated carbocycles. The van der Waals surface area contributed by atoms with E-state index in [1.165, 1.54) is 0 Å². The van der Waals surface area contributed by atoms with Gasteiger partial charge in [-0.05, 0) is 13.8 Å². The van der Waals surface area contributed by atoms with Gasteiger partial charge in [0.15, 0.2) is 0 Å². The van der Waals surface area contributed by atoms with Crippen LogP contribution >= 0.6 is 0 Å². The predicted molar refractivity (Wildman–Crippen MR) is 49.4 cm³/mol. The molecule has 78 valence electrons. The van der Waals surface area contributed by atoms with Crippen LogP contribution in [0.1, 0.15) is 30.4 Å². The highest BCUT2D eigenvalue weighted by Gasteiger charge is 2.18. The Labute approximate surface area is 82.1 Å².